The van der Waals surface area contributed by atoms with Gasteiger partial charge < -0.3 is 4.74 Å². The summed E-state index contributed by atoms with van der Waals surface area (Å²) in [6, 6.07) is 17.8. The van der Waals surface area contributed by atoms with E-state index in [2.05, 4.69) is 0 Å². The Kier molecular flexibility index (Phi) is 7.38. The van der Waals surface area contributed by atoms with Crippen LogP contribution in [0.4, 0.5) is 30.7 Å². The molecule has 0 radical (unpaired) electrons. The number of ether oxygens (including phenoxy) is 1. The summed E-state index contributed by atoms with van der Waals surface area (Å²) in [6.07, 6.45) is -3.77. The van der Waals surface area contributed by atoms with E-state index in [0.29, 0.717) is 11.1 Å². The van der Waals surface area contributed by atoms with Crippen molar-refractivity contribution in [3.8, 4) is 28.0 Å². The summed E-state index contributed by atoms with van der Waals surface area (Å²) >= 11 is 0. The first-order valence-corrected chi connectivity index (χ1v) is 11.2. The fraction of sp³-hybridized carbons (Fsp3) is 0.103. The summed E-state index contributed by atoms with van der Waals surface area (Å²) < 4.78 is 102. The van der Waals surface area contributed by atoms with Gasteiger partial charge in [0.25, 0.3) is 0 Å². The van der Waals surface area contributed by atoms with Crippen LogP contribution in [0.15, 0.2) is 90.8 Å². The number of halogens is 7. The average molecular weight is 516 g/mol. The van der Waals surface area contributed by atoms with Gasteiger partial charge >= 0.3 is 6.11 Å². The van der Waals surface area contributed by atoms with E-state index in [1.807, 2.05) is 0 Å². The zero-order chi connectivity index (χ0) is 26.7. The van der Waals surface area contributed by atoms with Crippen molar-refractivity contribution in [2.45, 2.75) is 19.5 Å². The first-order chi connectivity index (χ1) is 17.6. The number of allylic oxidation sites excluding steroid dienone is 1. The van der Waals surface area contributed by atoms with Crippen LogP contribution in [0.2, 0.25) is 0 Å². The second-order valence-corrected chi connectivity index (χ2v) is 8.12. The molecule has 0 amide bonds. The Hall–Kier alpha value is -4.07. The van der Waals surface area contributed by atoms with E-state index in [1.54, 1.807) is 12.1 Å². The third-order valence-corrected chi connectivity index (χ3v) is 5.66. The Balaban J connectivity index is 1.48. The molecule has 0 atom stereocenters. The van der Waals surface area contributed by atoms with E-state index in [0.717, 1.165) is 12.1 Å². The van der Waals surface area contributed by atoms with Crippen LogP contribution in [0.5, 0.6) is 5.75 Å². The van der Waals surface area contributed by atoms with Crippen LogP contribution in [-0.2, 0) is 6.11 Å². The second-order valence-electron chi connectivity index (χ2n) is 8.12. The largest absolute Gasteiger partial charge is 0.429 e. The minimum atomic E-state index is -3.70. The molecule has 0 spiro atoms. The molecule has 0 aliphatic carbocycles. The van der Waals surface area contributed by atoms with Gasteiger partial charge in [0.05, 0.1) is 5.56 Å². The Morgan fingerprint density at radius 2 is 1.14 bits per heavy atom. The number of hydrogen-bond donors (Lipinski definition) is 0. The summed E-state index contributed by atoms with van der Waals surface area (Å²) in [5.74, 6) is -6.32. The number of rotatable bonds is 7. The normalized spacial score (nSPS) is 12.3. The highest BCUT2D eigenvalue weighted by Gasteiger charge is 2.34. The zero-order valence-corrected chi connectivity index (χ0v) is 19.3. The van der Waals surface area contributed by atoms with Crippen molar-refractivity contribution in [2.24, 2.45) is 0 Å². The minimum absolute atomic E-state index is 0.0348. The summed E-state index contributed by atoms with van der Waals surface area (Å²) in [5.41, 5.74) is 1.16. The molecule has 0 aliphatic heterocycles. The molecular formula is C29H19F7O. The van der Waals surface area contributed by atoms with Gasteiger partial charge in [-0.3, -0.25) is 0 Å². The maximum atomic E-state index is 14.8. The first kappa shape index (κ1) is 26.0. The van der Waals surface area contributed by atoms with Crippen molar-refractivity contribution in [1.82, 2.24) is 0 Å². The van der Waals surface area contributed by atoms with Crippen LogP contribution >= 0.6 is 0 Å². The molecule has 4 aromatic rings. The van der Waals surface area contributed by atoms with Gasteiger partial charge in [0.1, 0.15) is 11.6 Å². The summed E-state index contributed by atoms with van der Waals surface area (Å²) in [5, 5.41) is 0. The van der Waals surface area contributed by atoms with E-state index >= 15 is 0 Å². The second kappa shape index (κ2) is 10.5. The predicted octanol–water partition coefficient (Wildman–Crippen LogP) is 9.58. The van der Waals surface area contributed by atoms with Gasteiger partial charge in [0, 0.05) is 5.56 Å². The van der Waals surface area contributed by atoms with E-state index in [1.165, 1.54) is 67.6 Å². The monoisotopic (exact) mass is 516 g/mol. The minimum Gasteiger partial charge on any atom is -0.429 e. The van der Waals surface area contributed by atoms with Crippen LogP contribution in [0, 0.1) is 17.5 Å². The smallest absolute Gasteiger partial charge is 0.426 e. The summed E-state index contributed by atoms with van der Waals surface area (Å²) in [7, 11) is 0. The van der Waals surface area contributed by atoms with Gasteiger partial charge in [0.2, 0.25) is 0 Å². The van der Waals surface area contributed by atoms with E-state index in [-0.39, 0.29) is 28.9 Å². The van der Waals surface area contributed by atoms with Crippen LogP contribution in [-0.4, -0.2) is 0 Å². The lowest BCUT2D eigenvalue weighted by atomic mass is 10.0. The standard InChI is InChI=1S/C29H19F7O/c1-2-24(30)27(33)20-5-3-17(4-6-20)18-7-11-22(12-8-18)29(35,36)37-23-13-9-19(10-14-23)21-15-25(31)28(34)26(32)16-21/h3-16H,2H2,1H3/b27-24+. The molecule has 0 heterocycles. The molecule has 0 N–H and O–H groups in total. The van der Waals surface area contributed by atoms with Gasteiger partial charge in [0.15, 0.2) is 23.3 Å². The molecule has 0 aliphatic rings. The number of benzene rings is 4. The van der Waals surface area contributed by atoms with E-state index in [9.17, 15) is 30.7 Å². The molecule has 0 aromatic heterocycles. The lowest BCUT2D eigenvalue weighted by molar-refractivity contribution is -0.185. The van der Waals surface area contributed by atoms with Crippen LogP contribution in [0.25, 0.3) is 28.1 Å². The zero-order valence-electron chi connectivity index (χ0n) is 19.3. The Morgan fingerprint density at radius 3 is 1.65 bits per heavy atom. The van der Waals surface area contributed by atoms with Gasteiger partial charge in [-0.25, -0.2) is 22.0 Å². The molecule has 0 saturated carbocycles. The van der Waals surface area contributed by atoms with Crippen LogP contribution in [0.3, 0.4) is 0 Å². The fourth-order valence-corrected chi connectivity index (χ4v) is 3.62. The third-order valence-electron chi connectivity index (χ3n) is 5.66. The van der Waals surface area contributed by atoms with Gasteiger partial charge in [-0.2, -0.15) is 8.78 Å². The molecule has 0 saturated heterocycles. The summed E-state index contributed by atoms with van der Waals surface area (Å²) in [6.45, 7) is 1.50. The molecule has 1 nitrogen and oxygen atoms in total. The highest BCUT2D eigenvalue weighted by atomic mass is 19.3. The van der Waals surface area contributed by atoms with Crippen molar-refractivity contribution in [3.63, 3.8) is 0 Å². The molecule has 8 heteroatoms. The number of alkyl halides is 2. The van der Waals surface area contributed by atoms with Crippen molar-refractivity contribution in [1.29, 1.82) is 0 Å². The highest BCUT2D eigenvalue weighted by Crippen LogP contribution is 2.34. The SMILES string of the molecule is CC/C(F)=C(\F)c1ccc(-c2ccc(C(F)(F)Oc3ccc(-c4cc(F)c(F)c(F)c4)cc3)cc2)cc1. The highest BCUT2D eigenvalue weighted by molar-refractivity contribution is 5.69. The maximum absolute atomic E-state index is 14.8. The van der Waals surface area contributed by atoms with Crippen LogP contribution < -0.4 is 4.74 Å². The Bertz CT molecular complexity index is 1400. The molecule has 37 heavy (non-hydrogen) atoms. The lowest BCUT2D eigenvalue weighted by Crippen LogP contribution is -2.21. The van der Waals surface area contributed by atoms with Crippen molar-refractivity contribution in [3.05, 3.63) is 119 Å². The van der Waals surface area contributed by atoms with Gasteiger partial charge in [-0.15, -0.1) is 0 Å². The number of hydrogen-bond acceptors (Lipinski definition) is 1. The average Bonchev–Trinajstić information content (AvgIpc) is 2.91. The Labute approximate surface area is 208 Å². The Morgan fingerprint density at radius 1 is 0.676 bits per heavy atom. The molecule has 0 unspecified atom stereocenters. The van der Waals surface area contributed by atoms with E-state index < -0.39 is 40.8 Å². The van der Waals surface area contributed by atoms with Gasteiger partial charge in [-0.1, -0.05) is 55.5 Å². The topological polar surface area (TPSA) is 9.23 Å². The molecule has 190 valence electrons. The third kappa shape index (κ3) is 5.69. The molecule has 0 bridgehead atoms. The molecule has 4 rings (SSSR count). The van der Waals surface area contributed by atoms with Crippen molar-refractivity contribution >= 4 is 5.83 Å². The first-order valence-electron chi connectivity index (χ1n) is 11.2. The molecule has 0 fully saturated rings. The van der Waals surface area contributed by atoms with Crippen molar-refractivity contribution in [2.75, 3.05) is 0 Å². The quantitative estimate of drug-likeness (QED) is 0.176. The fourth-order valence-electron chi connectivity index (χ4n) is 3.62. The van der Waals surface area contributed by atoms with E-state index in [4.69, 9.17) is 4.74 Å². The molecular weight excluding hydrogens is 497 g/mol. The van der Waals surface area contributed by atoms with Crippen molar-refractivity contribution < 1.29 is 35.5 Å². The maximum Gasteiger partial charge on any atom is 0.426 e. The van der Waals surface area contributed by atoms with Gasteiger partial charge in [-0.05, 0) is 65.1 Å². The lowest BCUT2D eigenvalue weighted by Gasteiger charge is -2.19. The van der Waals surface area contributed by atoms with Crippen LogP contribution in [0.1, 0.15) is 24.5 Å². The predicted molar refractivity (Wildman–Crippen MR) is 128 cm³/mol. The summed E-state index contributed by atoms with van der Waals surface area (Å²) in [4.78, 5) is 0. The molecule has 4 aromatic carbocycles.